The van der Waals surface area contributed by atoms with Gasteiger partial charge in [0, 0.05) is 0 Å². The minimum atomic E-state index is 0.351. The van der Waals surface area contributed by atoms with E-state index in [4.69, 9.17) is 37.4 Å². The van der Waals surface area contributed by atoms with Crippen LogP contribution >= 0.6 is 23.2 Å². The van der Waals surface area contributed by atoms with Crippen LogP contribution in [0.15, 0.2) is 54.6 Å². The minimum absolute atomic E-state index is 0.351. The summed E-state index contributed by atoms with van der Waals surface area (Å²) in [6.07, 6.45) is 1.71. The lowest BCUT2D eigenvalue weighted by Gasteiger charge is -2.12. The lowest BCUT2D eigenvalue weighted by atomic mass is 10.0. The van der Waals surface area contributed by atoms with Crippen molar-refractivity contribution in [2.75, 3.05) is 14.2 Å². The Morgan fingerprint density at radius 1 is 0.935 bits per heavy atom. The minimum Gasteiger partial charge on any atom is -0.493 e. The van der Waals surface area contributed by atoms with E-state index < -0.39 is 0 Å². The second-order valence-corrected chi connectivity index (χ2v) is 7.64. The predicted molar refractivity (Wildman–Crippen MR) is 125 cm³/mol. The van der Waals surface area contributed by atoms with Crippen LogP contribution in [0, 0.1) is 18.3 Å². The fourth-order valence-corrected chi connectivity index (χ4v) is 3.60. The molecule has 4 nitrogen and oxygen atoms in total. The van der Waals surface area contributed by atoms with Crippen molar-refractivity contribution in [1.29, 1.82) is 5.26 Å². The van der Waals surface area contributed by atoms with Gasteiger partial charge in [-0.1, -0.05) is 53.0 Å². The van der Waals surface area contributed by atoms with Crippen LogP contribution in [0.5, 0.6) is 17.2 Å². The highest BCUT2D eigenvalue weighted by Crippen LogP contribution is 2.36. The van der Waals surface area contributed by atoms with Crippen molar-refractivity contribution in [2.24, 2.45) is 0 Å². The molecule has 31 heavy (non-hydrogen) atoms. The maximum Gasteiger partial charge on any atom is 0.161 e. The number of hydrogen-bond donors (Lipinski definition) is 0. The van der Waals surface area contributed by atoms with Crippen LogP contribution < -0.4 is 14.2 Å². The molecule has 0 bridgehead atoms. The SMILES string of the molecule is COc1ccc(/C(C#N)=C/c2cc(Cl)c(OCc3ccc(C)cc3)c(Cl)c2)cc1OC. The number of nitrogens with zero attached hydrogens (tertiary/aromatic N) is 1. The lowest BCUT2D eigenvalue weighted by molar-refractivity contribution is 0.306. The molecular formula is C25H21Cl2NO3. The summed E-state index contributed by atoms with van der Waals surface area (Å²) in [5.74, 6) is 1.53. The Balaban J connectivity index is 1.86. The quantitative estimate of drug-likeness (QED) is 0.286. The number of hydrogen-bond acceptors (Lipinski definition) is 4. The summed E-state index contributed by atoms with van der Waals surface area (Å²) in [4.78, 5) is 0. The van der Waals surface area contributed by atoms with Crippen molar-refractivity contribution in [3.63, 3.8) is 0 Å². The van der Waals surface area contributed by atoms with Crippen molar-refractivity contribution in [2.45, 2.75) is 13.5 Å². The molecule has 3 rings (SSSR count). The van der Waals surface area contributed by atoms with Gasteiger partial charge in [-0.3, -0.25) is 0 Å². The van der Waals surface area contributed by atoms with Gasteiger partial charge in [-0.15, -0.1) is 0 Å². The molecule has 0 radical (unpaired) electrons. The Morgan fingerprint density at radius 2 is 1.58 bits per heavy atom. The zero-order valence-electron chi connectivity index (χ0n) is 17.4. The van der Waals surface area contributed by atoms with E-state index in [9.17, 15) is 5.26 Å². The fourth-order valence-electron chi connectivity index (χ4n) is 2.99. The van der Waals surface area contributed by atoms with Crippen molar-refractivity contribution in [3.05, 3.63) is 86.9 Å². The average Bonchev–Trinajstić information content (AvgIpc) is 2.77. The van der Waals surface area contributed by atoms with Gasteiger partial charge >= 0.3 is 0 Å². The van der Waals surface area contributed by atoms with Crippen molar-refractivity contribution >= 4 is 34.9 Å². The van der Waals surface area contributed by atoms with Crippen LogP contribution in [0.2, 0.25) is 10.0 Å². The zero-order chi connectivity index (χ0) is 22.4. The number of halogens is 2. The molecule has 0 spiro atoms. The molecule has 0 aliphatic heterocycles. The molecule has 3 aromatic carbocycles. The summed E-state index contributed by atoms with van der Waals surface area (Å²) in [5.41, 5.74) is 4.00. The van der Waals surface area contributed by atoms with E-state index in [0.717, 1.165) is 5.56 Å². The normalized spacial score (nSPS) is 11.0. The molecule has 0 saturated carbocycles. The fraction of sp³-hybridized carbons (Fsp3) is 0.160. The molecule has 0 atom stereocenters. The number of benzene rings is 3. The van der Waals surface area contributed by atoms with E-state index in [-0.39, 0.29) is 0 Å². The molecule has 0 aliphatic rings. The Labute approximate surface area is 192 Å². The van der Waals surface area contributed by atoms with Gasteiger partial charge < -0.3 is 14.2 Å². The van der Waals surface area contributed by atoms with Crippen LogP contribution in [0.25, 0.3) is 11.6 Å². The first-order chi connectivity index (χ1) is 14.9. The molecule has 0 unspecified atom stereocenters. The van der Waals surface area contributed by atoms with Gasteiger partial charge in [-0.05, 0) is 60.0 Å². The largest absolute Gasteiger partial charge is 0.493 e. The van der Waals surface area contributed by atoms with Crippen LogP contribution in [-0.4, -0.2) is 14.2 Å². The first kappa shape index (κ1) is 22.6. The van der Waals surface area contributed by atoms with Crippen LogP contribution in [0.3, 0.4) is 0 Å². The van der Waals surface area contributed by atoms with Crippen LogP contribution in [0.1, 0.15) is 22.3 Å². The highest BCUT2D eigenvalue weighted by atomic mass is 35.5. The van der Waals surface area contributed by atoms with E-state index in [1.807, 2.05) is 31.2 Å². The first-order valence-corrected chi connectivity index (χ1v) is 10.2. The van der Waals surface area contributed by atoms with Gasteiger partial charge in [0.1, 0.15) is 6.61 Å². The Bertz CT molecular complexity index is 1130. The molecule has 0 heterocycles. The summed E-state index contributed by atoms with van der Waals surface area (Å²) in [6.45, 7) is 2.38. The summed E-state index contributed by atoms with van der Waals surface area (Å²) in [7, 11) is 3.11. The molecule has 0 saturated heterocycles. The number of rotatable bonds is 7. The van der Waals surface area contributed by atoms with Crippen molar-refractivity contribution < 1.29 is 14.2 Å². The number of ether oxygens (including phenoxy) is 3. The van der Waals surface area contributed by atoms with Gasteiger partial charge in [0.15, 0.2) is 17.2 Å². The molecular weight excluding hydrogens is 433 g/mol. The van der Waals surface area contributed by atoms with Crippen LogP contribution in [-0.2, 0) is 6.61 Å². The van der Waals surface area contributed by atoms with Gasteiger partial charge in [-0.25, -0.2) is 0 Å². The third kappa shape index (κ3) is 5.52. The molecule has 3 aromatic rings. The van der Waals surface area contributed by atoms with Crippen molar-refractivity contribution in [1.82, 2.24) is 0 Å². The maximum atomic E-state index is 9.67. The summed E-state index contributed by atoms with van der Waals surface area (Å²) in [6, 6.07) is 19.0. The number of allylic oxidation sites excluding steroid dienone is 1. The number of aryl methyl sites for hydroxylation is 1. The van der Waals surface area contributed by atoms with Crippen molar-refractivity contribution in [3.8, 4) is 23.3 Å². The molecule has 0 fully saturated rings. The third-order valence-electron chi connectivity index (χ3n) is 4.65. The Morgan fingerprint density at radius 3 is 2.16 bits per heavy atom. The van der Waals surface area contributed by atoms with E-state index in [2.05, 4.69) is 6.07 Å². The summed E-state index contributed by atoms with van der Waals surface area (Å²) < 4.78 is 16.4. The number of nitriles is 1. The molecule has 6 heteroatoms. The Hall–Kier alpha value is -3.13. The lowest BCUT2D eigenvalue weighted by Crippen LogP contribution is -1.97. The molecule has 0 aliphatic carbocycles. The molecule has 158 valence electrons. The molecule has 0 N–H and O–H groups in total. The van der Waals surface area contributed by atoms with E-state index in [1.165, 1.54) is 5.56 Å². The van der Waals surface area contributed by atoms with E-state index in [1.54, 1.807) is 50.6 Å². The number of methoxy groups -OCH3 is 2. The maximum absolute atomic E-state index is 9.67. The first-order valence-electron chi connectivity index (χ1n) is 9.46. The molecule has 0 amide bonds. The Kier molecular flexibility index (Phi) is 7.46. The van der Waals surface area contributed by atoms with Gasteiger partial charge in [0.25, 0.3) is 0 Å². The highest BCUT2D eigenvalue weighted by molar-refractivity contribution is 6.37. The second-order valence-electron chi connectivity index (χ2n) is 6.83. The average molecular weight is 454 g/mol. The second kappa shape index (κ2) is 10.3. The van der Waals surface area contributed by atoms with Gasteiger partial charge in [0.05, 0.1) is 35.9 Å². The van der Waals surface area contributed by atoms with Gasteiger partial charge in [-0.2, -0.15) is 5.26 Å². The predicted octanol–water partition coefficient (Wildman–Crippen LogP) is 6.96. The third-order valence-corrected chi connectivity index (χ3v) is 5.21. The van der Waals surface area contributed by atoms with Gasteiger partial charge in [0.2, 0.25) is 0 Å². The summed E-state index contributed by atoms with van der Waals surface area (Å²) in [5, 5.41) is 10.4. The smallest absolute Gasteiger partial charge is 0.161 e. The van der Waals surface area contributed by atoms with E-state index >= 15 is 0 Å². The topological polar surface area (TPSA) is 51.5 Å². The van der Waals surface area contributed by atoms with E-state index in [0.29, 0.717) is 50.6 Å². The van der Waals surface area contributed by atoms with Crippen LogP contribution in [0.4, 0.5) is 0 Å². The molecule has 0 aromatic heterocycles. The standard InChI is InChI=1S/C25H21Cl2NO3/c1-16-4-6-17(7-5-16)15-31-25-21(26)11-18(12-22(25)27)10-20(14-28)19-8-9-23(29-2)24(13-19)30-3/h4-13H,15H2,1-3H3/b20-10+. The monoisotopic (exact) mass is 453 g/mol. The summed E-state index contributed by atoms with van der Waals surface area (Å²) >= 11 is 12.9. The zero-order valence-corrected chi connectivity index (χ0v) is 18.9. The highest BCUT2D eigenvalue weighted by Gasteiger charge is 2.12.